The first kappa shape index (κ1) is 13.0. The topological polar surface area (TPSA) is 63.3 Å². The molecule has 1 heterocycles. The second-order valence-corrected chi connectivity index (χ2v) is 5.18. The maximum Gasteiger partial charge on any atom is 0.189 e. The van der Waals surface area contributed by atoms with E-state index >= 15 is 0 Å². The minimum absolute atomic E-state index is 0.369. The lowest BCUT2D eigenvalue weighted by molar-refractivity contribution is 0.636. The molecule has 90 valence electrons. The molecule has 0 aliphatic rings. The van der Waals surface area contributed by atoms with E-state index in [1.54, 1.807) is 11.3 Å². The predicted octanol–water partition coefficient (Wildman–Crippen LogP) is 1.96. The monoisotopic (exact) mass is 240 g/mol. The third-order valence-corrected chi connectivity index (χ3v) is 3.46. The smallest absolute Gasteiger partial charge is 0.189 e. The molecule has 1 atom stereocenters. The van der Waals surface area contributed by atoms with E-state index < -0.39 is 0 Å². The van der Waals surface area contributed by atoms with Gasteiger partial charge in [-0.3, -0.25) is 0 Å². The summed E-state index contributed by atoms with van der Waals surface area (Å²) in [6.45, 7) is 8.83. The fourth-order valence-corrected chi connectivity index (χ4v) is 2.14. The van der Waals surface area contributed by atoms with Crippen molar-refractivity contribution in [2.24, 2.45) is 10.7 Å². The first-order chi connectivity index (χ1) is 7.52. The minimum atomic E-state index is 0.369. The van der Waals surface area contributed by atoms with Crippen LogP contribution in [-0.4, -0.2) is 17.0 Å². The van der Waals surface area contributed by atoms with Gasteiger partial charge in [-0.25, -0.2) is 9.98 Å². The highest BCUT2D eigenvalue weighted by molar-refractivity contribution is 7.11. The summed E-state index contributed by atoms with van der Waals surface area (Å²) in [5.74, 6) is 0.514. The molecule has 0 aliphatic carbocycles. The van der Waals surface area contributed by atoms with E-state index in [2.05, 4.69) is 29.1 Å². The van der Waals surface area contributed by atoms with E-state index in [1.807, 2.05) is 13.8 Å². The maximum absolute atomic E-state index is 5.78. The number of thiazole rings is 1. The molecule has 0 bridgehead atoms. The number of hydrogen-bond acceptors (Lipinski definition) is 3. The number of aromatic nitrogens is 1. The van der Waals surface area contributed by atoms with Crippen LogP contribution in [0.15, 0.2) is 4.99 Å². The summed E-state index contributed by atoms with van der Waals surface area (Å²) >= 11 is 1.68. The molecule has 4 nitrogen and oxygen atoms in total. The van der Waals surface area contributed by atoms with Crippen LogP contribution in [0.5, 0.6) is 0 Å². The number of aliphatic imine (C=N–C) groups is 1. The summed E-state index contributed by atoms with van der Waals surface area (Å²) in [4.78, 5) is 9.85. The van der Waals surface area contributed by atoms with Crippen molar-refractivity contribution in [2.45, 2.75) is 46.7 Å². The Balaban J connectivity index is 2.55. The molecule has 0 radical (unpaired) electrons. The summed E-state index contributed by atoms with van der Waals surface area (Å²) in [6, 6.07) is 0.369. The van der Waals surface area contributed by atoms with Crippen molar-refractivity contribution in [3.8, 4) is 0 Å². The molecule has 1 aromatic rings. The van der Waals surface area contributed by atoms with Crippen LogP contribution in [0, 0.1) is 13.8 Å². The molecule has 1 unspecified atom stereocenters. The van der Waals surface area contributed by atoms with Gasteiger partial charge in [0.2, 0.25) is 0 Å². The summed E-state index contributed by atoms with van der Waals surface area (Å²) in [5, 5.41) is 4.22. The lowest BCUT2D eigenvalue weighted by Crippen LogP contribution is -2.38. The molecule has 3 N–H and O–H groups in total. The number of guanidine groups is 1. The molecule has 0 saturated heterocycles. The molecule has 16 heavy (non-hydrogen) atoms. The number of rotatable bonds is 4. The van der Waals surface area contributed by atoms with Crippen molar-refractivity contribution < 1.29 is 0 Å². The van der Waals surface area contributed by atoms with Crippen LogP contribution in [0.1, 0.15) is 35.8 Å². The van der Waals surface area contributed by atoms with Crippen LogP contribution in [-0.2, 0) is 6.54 Å². The molecule has 1 aromatic heterocycles. The summed E-state index contributed by atoms with van der Waals surface area (Å²) in [6.07, 6.45) is 1.04. The van der Waals surface area contributed by atoms with E-state index in [0.717, 1.165) is 17.1 Å². The number of aryl methyl sites for hydroxylation is 2. The molecule has 1 rings (SSSR count). The van der Waals surface area contributed by atoms with Crippen LogP contribution in [0.4, 0.5) is 0 Å². The summed E-state index contributed by atoms with van der Waals surface area (Å²) in [5.41, 5.74) is 6.84. The van der Waals surface area contributed by atoms with Crippen molar-refractivity contribution >= 4 is 17.3 Å². The maximum atomic E-state index is 5.78. The van der Waals surface area contributed by atoms with Gasteiger partial charge < -0.3 is 11.1 Å². The average molecular weight is 240 g/mol. The largest absolute Gasteiger partial charge is 0.370 e. The van der Waals surface area contributed by atoms with Gasteiger partial charge in [0, 0.05) is 10.9 Å². The molecule has 0 aromatic carbocycles. The highest BCUT2D eigenvalue weighted by Gasteiger charge is 2.04. The van der Waals surface area contributed by atoms with Crippen molar-refractivity contribution in [1.82, 2.24) is 10.3 Å². The van der Waals surface area contributed by atoms with Crippen molar-refractivity contribution in [3.63, 3.8) is 0 Å². The van der Waals surface area contributed by atoms with E-state index in [1.165, 1.54) is 4.88 Å². The molecule has 0 amide bonds. The Morgan fingerprint density at radius 1 is 1.56 bits per heavy atom. The standard InChI is InChI=1S/C11H20N4S/c1-5-7(2)14-11(12)13-6-10-8(3)15-9(4)16-10/h7H,5-6H2,1-4H3,(H3,12,13,14). The Morgan fingerprint density at radius 2 is 2.25 bits per heavy atom. The zero-order valence-corrected chi connectivity index (χ0v) is 11.2. The van der Waals surface area contributed by atoms with Crippen LogP contribution in [0.25, 0.3) is 0 Å². The van der Waals surface area contributed by atoms with Crippen molar-refractivity contribution in [3.05, 3.63) is 15.6 Å². The molecule has 0 spiro atoms. The predicted molar refractivity (Wildman–Crippen MR) is 69.8 cm³/mol. The third kappa shape index (κ3) is 3.81. The fraction of sp³-hybridized carbons (Fsp3) is 0.636. The zero-order valence-electron chi connectivity index (χ0n) is 10.4. The van der Waals surface area contributed by atoms with Crippen LogP contribution in [0.2, 0.25) is 0 Å². The second-order valence-electron chi connectivity index (χ2n) is 3.90. The van der Waals surface area contributed by atoms with Crippen LogP contribution in [0.3, 0.4) is 0 Å². The Morgan fingerprint density at radius 3 is 2.75 bits per heavy atom. The molecule has 0 saturated carbocycles. The summed E-state index contributed by atoms with van der Waals surface area (Å²) in [7, 11) is 0. The molecular formula is C11H20N4S. The minimum Gasteiger partial charge on any atom is -0.370 e. The van der Waals surface area contributed by atoms with E-state index in [0.29, 0.717) is 18.5 Å². The summed E-state index contributed by atoms with van der Waals surface area (Å²) < 4.78 is 0. The van der Waals surface area contributed by atoms with Gasteiger partial charge in [-0.1, -0.05) is 6.92 Å². The number of hydrogen-bond donors (Lipinski definition) is 2. The van der Waals surface area contributed by atoms with Crippen molar-refractivity contribution in [1.29, 1.82) is 0 Å². The third-order valence-electron chi connectivity index (χ3n) is 2.40. The van der Waals surface area contributed by atoms with Gasteiger partial charge in [-0.2, -0.15) is 0 Å². The highest BCUT2D eigenvalue weighted by atomic mass is 32.1. The van der Waals surface area contributed by atoms with Gasteiger partial charge in [0.05, 0.1) is 17.2 Å². The van der Waals surface area contributed by atoms with E-state index in [9.17, 15) is 0 Å². The molecule has 5 heteroatoms. The van der Waals surface area contributed by atoms with E-state index in [4.69, 9.17) is 5.73 Å². The molecular weight excluding hydrogens is 220 g/mol. The average Bonchev–Trinajstić information content (AvgIpc) is 2.54. The number of nitrogens with zero attached hydrogens (tertiary/aromatic N) is 2. The van der Waals surface area contributed by atoms with E-state index in [-0.39, 0.29) is 0 Å². The number of nitrogens with one attached hydrogen (secondary N) is 1. The quantitative estimate of drug-likeness (QED) is 0.624. The highest BCUT2D eigenvalue weighted by Crippen LogP contribution is 2.17. The Labute approximate surface area is 101 Å². The second kappa shape index (κ2) is 5.84. The first-order valence-electron chi connectivity index (χ1n) is 5.52. The van der Waals surface area contributed by atoms with Crippen molar-refractivity contribution in [2.75, 3.05) is 0 Å². The SMILES string of the molecule is CCC(C)NC(N)=NCc1sc(C)nc1C. The van der Waals surface area contributed by atoms with Crippen LogP contribution < -0.4 is 11.1 Å². The lowest BCUT2D eigenvalue weighted by atomic mass is 10.3. The lowest BCUT2D eigenvalue weighted by Gasteiger charge is -2.11. The van der Waals surface area contributed by atoms with Gasteiger partial charge in [0.1, 0.15) is 0 Å². The Kier molecular flexibility index (Phi) is 4.73. The number of nitrogens with two attached hydrogens (primary N) is 1. The van der Waals surface area contributed by atoms with Gasteiger partial charge >= 0.3 is 0 Å². The van der Waals surface area contributed by atoms with Gasteiger partial charge in [-0.05, 0) is 27.2 Å². The Bertz CT molecular complexity index is 370. The first-order valence-corrected chi connectivity index (χ1v) is 6.34. The van der Waals surface area contributed by atoms with Gasteiger partial charge in [-0.15, -0.1) is 11.3 Å². The molecule has 0 aliphatic heterocycles. The van der Waals surface area contributed by atoms with Gasteiger partial charge in [0.25, 0.3) is 0 Å². The fourth-order valence-electron chi connectivity index (χ4n) is 1.28. The van der Waals surface area contributed by atoms with Gasteiger partial charge in [0.15, 0.2) is 5.96 Å². The Hall–Kier alpha value is -1.10. The zero-order chi connectivity index (χ0) is 12.1. The van der Waals surface area contributed by atoms with Crippen LogP contribution >= 0.6 is 11.3 Å². The molecule has 0 fully saturated rings. The normalized spacial score (nSPS) is 13.9.